The third-order valence-electron chi connectivity index (χ3n) is 12.7. The van der Waals surface area contributed by atoms with Crippen molar-refractivity contribution in [3.63, 3.8) is 0 Å². The highest BCUT2D eigenvalue weighted by Gasteiger charge is 2.42. The molecule has 0 radical (unpaired) electrons. The van der Waals surface area contributed by atoms with Gasteiger partial charge in [-0.2, -0.15) is 13.2 Å². The first-order valence-corrected chi connectivity index (χ1v) is 22.7. The Kier molecular flexibility index (Phi) is 15.8. The Balaban J connectivity index is 0.000000178. The molecule has 2 unspecified atom stereocenters. The van der Waals surface area contributed by atoms with E-state index >= 15 is 0 Å². The molecule has 0 N–H and O–H groups in total. The maximum atomic E-state index is 13.3. The topological polar surface area (TPSA) is 59.1 Å². The summed E-state index contributed by atoms with van der Waals surface area (Å²) >= 11 is 0. The number of Topliss-reactive ketones (excluding diaryl/α,β-unsaturated/α-hetero) is 2. The number of benzene rings is 5. The SMILES string of the molecule is CN(C)CCOc1ccc2c(c1)C(=O)C(C)(C)CC2c1ccc(F)cc1.CN(C)CCOc1ccc2c(c1)C(=O)C(C)(C)CC2c1cccc(C(F)(F)F)c1.c1ccc2c(c1)CCCC2. The molecule has 0 fully saturated rings. The van der Waals surface area contributed by atoms with Crippen molar-refractivity contribution < 1.29 is 36.6 Å². The second kappa shape index (κ2) is 20.9. The van der Waals surface area contributed by atoms with Crippen LogP contribution in [0.25, 0.3) is 0 Å². The molecule has 8 rings (SSSR count). The lowest BCUT2D eigenvalue weighted by molar-refractivity contribution is -0.137. The molecule has 5 aromatic carbocycles. The maximum Gasteiger partial charge on any atom is 0.416 e. The van der Waals surface area contributed by atoms with Gasteiger partial charge in [-0.1, -0.05) is 94.4 Å². The van der Waals surface area contributed by atoms with Gasteiger partial charge in [-0.05, 0) is 143 Å². The van der Waals surface area contributed by atoms with E-state index in [1.165, 1.54) is 49.9 Å². The van der Waals surface area contributed by atoms with Gasteiger partial charge in [0.05, 0.1) is 5.56 Å². The lowest BCUT2D eigenvalue weighted by Crippen LogP contribution is -2.33. The molecule has 0 aliphatic heterocycles. The molecular weight excluding hydrogens is 829 g/mol. The third-order valence-corrected chi connectivity index (χ3v) is 12.7. The zero-order valence-electron chi connectivity index (χ0n) is 39.2. The van der Waals surface area contributed by atoms with Gasteiger partial charge in [0, 0.05) is 46.9 Å². The normalized spacial score (nSPS) is 18.3. The van der Waals surface area contributed by atoms with E-state index in [0.29, 0.717) is 42.9 Å². The molecular formula is C55H64F4N2O4. The van der Waals surface area contributed by atoms with Crippen LogP contribution in [0.5, 0.6) is 11.5 Å². The van der Waals surface area contributed by atoms with Gasteiger partial charge in [0.2, 0.25) is 0 Å². The highest BCUT2D eigenvalue weighted by Crippen LogP contribution is 2.48. The average Bonchev–Trinajstić information content (AvgIpc) is 3.27. The molecule has 2 atom stereocenters. The number of rotatable bonds is 10. The molecule has 6 nitrogen and oxygen atoms in total. The third kappa shape index (κ3) is 12.5. The van der Waals surface area contributed by atoms with E-state index in [2.05, 4.69) is 29.2 Å². The largest absolute Gasteiger partial charge is 0.492 e. The first-order valence-electron chi connectivity index (χ1n) is 22.7. The number of likely N-dealkylation sites (N-methyl/N-ethyl adjacent to an activating group) is 2. The Morgan fingerprint density at radius 2 is 1.05 bits per heavy atom. The number of carbonyl (C=O) groups is 2. The van der Waals surface area contributed by atoms with Gasteiger partial charge < -0.3 is 19.3 Å². The van der Waals surface area contributed by atoms with Crippen LogP contribution in [0.1, 0.15) is 125 Å². The summed E-state index contributed by atoms with van der Waals surface area (Å²) in [4.78, 5) is 30.1. The molecule has 5 aromatic rings. The second-order valence-corrected chi connectivity index (χ2v) is 19.4. The van der Waals surface area contributed by atoms with Gasteiger partial charge >= 0.3 is 6.18 Å². The number of carbonyl (C=O) groups excluding carboxylic acids is 2. The van der Waals surface area contributed by atoms with Crippen molar-refractivity contribution in [2.45, 2.75) is 84.2 Å². The second-order valence-electron chi connectivity index (χ2n) is 19.4. The minimum absolute atomic E-state index is 0.00575. The van der Waals surface area contributed by atoms with Crippen molar-refractivity contribution in [2.75, 3.05) is 54.5 Å². The summed E-state index contributed by atoms with van der Waals surface area (Å²) in [5.74, 6) is 1.00. The molecule has 0 amide bonds. The van der Waals surface area contributed by atoms with Crippen molar-refractivity contribution >= 4 is 11.6 Å². The Morgan fingerprint density at radius 1 is 0.585 bits per heavy atom. The summed E-state index contributed by atoms with van der Waals surface area (Å²) in [6.07, 6.45) is 2.15. The predicted octanol–water partition coefficient (Wildman–Crippen LogP) is 12.5. The number of nitrogens with zero attached hydrogens (tertiary/aromatic N) is 2. The Labute approximate surface area is 383 Å². The fourth-order valence-electron chi connectivity index (χ4n) is 9.00. The van der Waals surface area contributed by atoms with Crippen LogP contribution in [-0.2, 0) is 19.0 Å². The van der Waals surface area contributed by atoms with Crippen molar-refractivity contribution in [3.8, 4) is 11.5 Å². The minimum Gasteiger partial charge on any atom is -0.492 e. The van der Waals surface area contributed by atoms with E-state index in [-0.39, 0.29) is 29.2 Å². The lowest BCUT2D eigenvalue weighted by Gasteiger charge is -2.36. The van der Waals surface area contributed by atoms with Gasteiger partial charge in [-0.25, -0.2) is 4.39 Å². The molecule has 65 heavy (non-hydrogen) atoms. The first-order chi connectivity index (χ1) is 30.7. The fourth-order valence-corrected chi connectivity index (χ4v) is 9.00. The summed E-state index contributed by atoms with van der Waals surface area (Å²) in [7, 11) is 7.88. The van der Waals surface area contributed by atoms with E-state index in [1.54, 1.807) is 29.3 Å². The number of alkyl halides is 3. The quantitative estimate of drug-likeness (QED) is 0.130. The summed E-state index contributed by atoms with van der Waals surface area (Å²) in [5, 5.41) is 0. The van der Waals surface area contributed by atoms with Crippen molar-refractivity contribution in [2.24, 2.45) is 10.8 Å². The number of halogens is 4. The number of fused-ring (bicyclic) bond motifs is 3. The summed E-state index contributed by atoms with van der Waals surface area (Å²) in [6.45, 7) is 10.3. The van der Waals surface area contributed by atoms with Gasteiger partial charge in [0.1, 0.15) is 30.5 Å². The zero-order valence-corrected chi connectivity index (χ0v) is 39.2. The number of ketones is 2. The standard InChI is InChI=1S/C23H26F3NO2.C22H26FNO2.C10H12/c1-22(2)14-20(15-6-5-7-16(12-15)23(24,25)26)18-9-8-17(13-19(18)21(22)28)29-11-10-27(3)4;1-22(2)14-20(15-5-7-16(23)8-6-15)18-10-9-17(13-19(18)21(22)25)26-12-11-24(3)4;1-2-6-10-8-4-3-7-9(10)5-1/h5-9,12-13,20H,10-11,14H2,1-4H3;5-10,13,20H,11-12,14H2,1-4H3;1-2,5-6H,3-4,7-8H2. The van der Waals surface area contributed by atoms with Crippen molar-refractivity contribution in [1.29, 1.82) is 0 Å². The number of aryl methyl sites for hydroxylation is 2. The first kappa shape index (κ1) is 49.1. The van der Waals surface area contributed by atoms with Crippen LogP contribution in [-0.4, -0.2) is 75.9 Å². The highest BCUT2D eigenvalue weighted by molar-refractivity contribution is 6.04. The van der Waals surface area contributed by atoms with Crippen LogP contribution in [0.2, 0.25) is 0 Å². The summed E-state index contributed by atoms with van der Waals surface area (Å²) in [6, 6.07) is 31.9. The molecule has 10 heteroatoms. The van der Waals surface area contributed by atoms with Crippen LogP contribution < -0.4 is 9.47 Å². The van der Waals surface area contributed by atoms with Gasteiger partial charge in [0.25, 0.3) is 0 Å². The molecule has 0 aromatic heterocycles. The molecule has 0 bridgehead atoms. The number of hydrogen-bond acceptors (Lipinski definition) is 6. The van der Waals surface area contributed by atoms with Gasteiger partial charge in [-0.15, -0.1) is 0 Å². The highest BCUT2D eigenvalue weighted by atomic mass is 19.4. The van der Waals surface area contributed by atoms with E-state index < -0.39 is 22.6 Å². The Hall–Kier alpha value is -5.32. The molecule has 0 saturated carbocycles. The molecule has 0 heterocycles. The monoisotopic (exact) mass is 892 g/mol. The number of ether oxygens (including phenoxy) is 2. The van der Waals surface area contributed by atoms with E-state index in [4.69, 9.17) is 9.47 Å². The summed E-state index contributed by atoms with van der Waals surface area (Å²) in [5.41, 5.74) is 5.97. The van der Waals surface area contributed by atoms with E-state index in [1.807, 2.05) is 97.2 Å². The Bertz CT molecular complexity index is 2400. The van der Waals surface area contributed by atoms with E-state index in [0.717, 1.165) is 47.2 Å². The lowest BCUT2D eigenvalue weighted by atomic mass is 9.66. The zero-order chi connectivity index (χ0) is 47.1. The van der Waals surface area contributed by atoms with Crippen LogP contribution in [0, 0.1) is 16.6 Å². The van der Waals surface area contributed by atoms with Gasteiger partial charge in [-0.3, -0.25) is 9.59 Å². The number of hydrogen-bond donors (Lipinski definition) is 0. The Morgan fingerprint density at radius 3 is 1.49 bits per heavy atom. The molecule has 3 aliphatic carbocycles. The van der Waals surface area contributed by atoms with Crippen molar-refractivity contribution in [1.82, 2.24) is 9.80 Å². The van der Waals surface area contributed by atoms with Crippen LogP contribution in [0.15, 0.2) is 109 Å². The van der Waals surface area contributed by atoms with Crippen molar-refractivity contribution in [3.05, 3.63) is 165 Å². The smallest absolute Gasteiger partial charge is 0.416 e. The van der Waals surface area contributed by atoms with E-state index in [9.17, 15) is 27.2 Å². The maximum absolute atomic E-state index is 13.3. The molecule has 346 valence electrons. The average molecular weight is 893 g/mol. The molecule has 3 aliphatic rings. The summed E-state index contributed by atoms with van der Waals surface area (Å²) < 4.78 is 64.5. The predicted molar refractivity (Wildman–Crippen MR) is 251 cm³/mol. The van der Waals surface area contributed by atoms with Gasteiger partial charge in [0.15, 0.2) is 11.6 Å². The molecule has 0 saturated heterocycles. The van der Waals surface area contributed by atoms with Crippen LogP contribution in [0.3, 0.4) is 0 Å². The van der Waals surface area contributed by atoms with Crippen LogP contribution >= 0.6 is 0 Å². The molecule has 0 spiro atoms. The minimum atomic E-state index is -4.40. The fraction of sp³-hybridized carbons (Fsp3) is 0.418. The van der Waals surface area contributed by atoms with Crippen LogP contribution in [0.4, 0.5) is 17.6 Å².